The SMILES string of the molecule is CCCC(CN(C)C1CCN(CC)CC1)NCC. The second-order valence-corrected chi connectivity index (χ2v) is 5.65. The molecule has 0 radical (unpaired) electrons. The normalized spacial score (nSPS) is 20.5. The number of nitrogens with one attached hydrogen (secondary N) is 1. The first-order valence-corrected chi connectivity index (χ1v) is 7.87. The lowest BCUT2D eigenvalue weighted by Crippen LogP contribution is -2.48. The highest BCUT2D eigenvalue weighted by atomic mass is 15.2. The van der Waals surface area contributed by atoms with E-state index in [0.29, 0.717) is 6.04 Å². The van der Waals surface area contributed by atoms with Crippen molar-refractivity contribution in [1.82, 2.24) is 15.1 Å². The van der Waals surface area contributed by atoms with Gasteiger partial charge in [-0.3, -0.25) is 0 Å². The average Bonchev–Trinajstić information content (AvgIpc) is 2.39. The van der Waals surface area contributed by atoms with Gasteiger partial charge in [0.15, 0.2) is 0 Å². The van der Waals surface area contributed by atoms with Crippen molar-refractivity contribution >= 4 is 0 Å². The third-order valence-corrected chi connectivity index (χ3v) is 4.27. The molecule has 1 N–H and O–H groups in total. The van der Waals surface area contributed by atoms with Crippen LogP contribution in [0.2, 0.25) is 0 Å². The van der Waals surface area contributed by atoms with E-state index in [1.165, 1.54) is 51.9 Å². The predicted octanol–water partition coefficient (Wildman–Crippen LogP) is 2.18. The summed E-state index contributed by atoms with van der Waals surface area (Å²) in [5.41, 5.74) is 0. The zero-order valence-corrected chi connectivity index (χ0v) is 12.9. The van der Waals surface area contributed by atoms with Crippen molar-refractivity contribution in [1.29, 1.82) is 0 Å². The minimum atomic E-state index is 0.675. The van der Waals surface area contributed by atoms with Crippen LogP contribution in [0.15, 0.2) is 0 Å². The van der Waals surface area contributed by atoms with Gasteiger partial charge in [0, 0.05) is 18.6 Å². The minimum absolute atomic E-state index is 0.675. The number of hydrogen-bond donors (Lipinski definition) is 1. The molecule has 0 spiro atoms. The molecule has 108 valence electrons. The van der Waals surface area contributed by atoms with Gasteiger partial charge >= 0.3 is 0 Å². The maximum Gasteiger partial charge on any atom is 0.0194 e. The monoisotopic (exact) mass is 255 g/mol. The van der Waals surface area contributed by atoms with Crippen LogP contribution in [-0.4, -0.2) is 61.7 Å². The Balaban J connectivity index is 2.32. The molecule has 3 nitrogen and oxygen atoms in total. The lowest BCUT2D eigenvalue weighted by molar-refractivity contribution is 0.122. The number of likely N-dealkylation sites (tertiary alicyclic amines) is 1. The van der Waals surface area contributed by atoms with Crippen molar-refractivity contribution < 1.29 is 0 Å². The van der Waals surface area contributed by atoms with Gasteiger partial charge in [0.2, 0.25) is 0 Å². The van der Waals surface area contributed by atoms with Gasteiger partial charge < -0.3 is 15.1 Å². The molecule has 1 fully saturated rings. The van der Waals surface area contributed by atoms with Crippen LogP contribution < -0.4 is 5.32 Å². The summed E-state index contributed by atoms with van der Waals surface area (Å²) in [6.07, 6.45) is 5.26. The van der Waals surface area contributed by atoms with Crippen LogP contribution in [0.1, 0.15) is 46.5 Å². The van der Waals surface area contributed by atoms with E-state index < -0.39 is 0 Å². The Morgan fingerprint density at radius 1 is 1.22 bits per heavy atom. The van der Waals surface area contributed by atoms with Gasteiger partial charge in [-0.1, -0.05) is 27.2 Å². The standard InChI is InChI=1S/C15H33N3/c1-5-8-14(16-6-2)13-17(4)15-9-11-18(7-3)12-10-15/h14-16H,5-13H2,1-4H3. The molecular weight excluding hydrogens is 222 g/mol. The van der Waals surface area contributed by atoms with E-state index in [0.717, 1.165) is 12.6 Å². The summed E-state index contributed by atoms with van der Waals surface area (Å²) in [5.74, 6) is 0. The van der Waals surface area contributed by atoms with Crippen LogP contribution in [0.25, 0.3) is 0 Å². The van der Waals surface area contributed by atoms with E-state index in [9.17, 15) is 0 Å². The molecule has 0 amide bonds. The summed E-state index contributed by atoms with van der Waals surface area (Å²) in [7, 11) is 2.31. The van der Waals surface area contributed by atoms with Crippen molar-refractivity contribution in [3.05, 3.63) is 0 Å². The largest absolute Gasteiger partial charge is 0.313 e. The molecule has 0 aromatic rings. The molecule has 1 aliphatic rings. The molecule has 0 aromatic heterocycles. The van der Waals surface area contributed by atoms with Crippen molar-refractivity contribution in [3.63, 3.8) is 0 Å². The van der Waals surface area contributed by atoms with Gasteiger partial charge in [-0.2, -0.15) is 0 Å². The summed E-state index contributed by atoms with van der Waals surface area (Å²) in [4.78, 5) is 5.16. The van der Waals surface area contributed by atoms with Crippen molar-refractivity contribution in [3.8, 4) is 0 Å². The van der Waals surface area contributed by atoms with Crippen LogP contribution in [0.3, 0.4) is 0 Å². The van der Waals surface area contributed by atoms with Gasteiger partial charge in [0.1, 0.15) is 0 Å². The van der Waals surface area contributed by atoms with Gasteiger partial charge in [0.25, 0.3) is 0 Å². The van der Waals surface area contributed by atoms with Crippen molar-refractivity contribution in [2.75, 3.05) is 39.8 Å². The van der Waals surface area contributed by atoms with Crippen LogP contribution in [0, 0.1) is 0 Å². The van der Waals surface area contributed by atoms with Crippen molar-refractivity contribution in [2.24, 2.45) is 0 Å². The topological polar surface area (TPSA) is 18.5 Å². The summed E-state index contributed by atoms with van der Waals surface area (Å²) in [6, 6.07) is 1.47. The lowest BCUT2D eigenvalue weighted by atomic mass is 10.0. The second kappa shape index (κ2) is 8.89. The fraction of sp³-hybridized carbons (Fsp3) is 1.00. The van der Waals surface area contributed by atoms with E-state index in [1.54, 1.807) is 0 Å². The molecule has 0 bridgehead atoms. The third kappa shape index (κ3) is 5.25. The van der Waals surface area contributed by atoms with E-state index >= 15 is 0 Å². The van der Waals surface area contributed by atoms with E-state index in [1.807, 2.05) is 0 Å². The van der Waals surface area contributed by atoms with Gasteiger partial charge in [-0.15, -0.1) is 0 Å². The number of piperidine rings is 1. The molecule has 0 saturated carbocycles. The zero-order valence-electron chi connectivity index (χ0n) is 12.9. The molecule has 0 aliphatic carbocycles. The van der Waals surface area contributed by atoms with E-state index in [4.69, 9.17) is 0 Å². The summed E-state index contributed by atoms with van der Waals surface area (Å²) < 4.78 is 0. The summed E-state index contributed by atoms with van der Waals surface area (Å²) in [5, 5.41) is 3.62. The molecule has 18 heavy (non-hydrogen) atoms. The highest BCUT2D eigenvalue weighted by Gasteiger charge is 2.22. The lowest BCUT2D eigenvalue weighted by Gasteiger charge is -2.37. The Bertz CT molecular complexity index is 194. The number of rotatable bonds is 8. The number of hydrogen-bond acceptors (Lipinski definition) is 3. The molecule has 1 saturated heterocycles. The first kappa shape index (κ1) is 15.9. The maximum absolute atomic E-state index is 3.62. The molecule has 0 aromatic carbocycles. The smallest absolute Gasteiger partial charge is 0.0194 e. The Hall–Kier alpha value is -0.120. The Morgan fingerprint density at radius 3 is 2.39 bits per heavy atom. The molecular formula is C15H33N3. The zero-order chi connectivity index (χ0) is 13.4. The third-order valence-electron chi connectivity index (χ3n) is 4.27. The minimum Gasteiger partial charge on any atom is -0.313 e. The first-order valence-electron chi connectivity index (χ1n) is 7.87. The summed E-state index contributed by atoms with van der Waals surface area (Å²) in [6.45, 7) is 12.8. The first-order chi connectivity index (χ1) is 8.71. The van der Waals surface area contributed by atoms with Crippen LogP contribution >= 0.6 is 0 Å². The quantitative estimate of drug-likeness (QED) is 0.717. The van der Waals surface area contributed by atoms with Gasteiger partial charge in [0.05, 0.1) is 0 Å². The highest BCUT2D eigenvalue weighted by Crippen LogP contribution is 2.15. The number of likely N-dealkylation sites (N-methyl/N-ethyl adjacent to an activating group) is 2. The fourth-order valence-corrected chi connectivity index (χ4v) is 3.07. The van der Waals surface area contributed by atoms with E-state index in [2.05, 4.69) is 42.9 Å². The van der Waals surface area contributed by atoms with Crippen molar-refractivity contribution in [2.45, 2.75) is 58.5 Å². The second-order valence-electron chi connectivity index (χ2n) is 5.65. The van der Waals surface area contributed by atoms with Crippen LogP contribution in [-0.2, 0) is 0 Å². The Morgan fingerprint density at radius 2 is 1.89 bits per heavy atom. The predicted molar refractivity (Wildman–Crippen MR) is 80.1 cm³/mol. The van der Waals surface area contributed by atoms with Crippen LogP contribution in [0.5, 0.6) is 0 Å². The average molecular weight is 255 g/mol. The number of nitrogens with zero attached hydrogens (tertiary/aromatic N) is 2. The molecule has 1 atom stereocenters. The van der Waals surface area contributed by atoms with Gasteiger partial charge in [-0.25, -0.2) is 0 Å². The van der Waals surface area contributed by atoms with Gasteiger partial charge in [-0.05, 0) is 52.5 Å². The molecule has 1 heterocycles. The molecule has 1 rings (SSSR count). The maximum atomic E-state index is 3.62. The molecule has 1 unspecified atom stereocenters. The highest BCUT2D eigenvalue weighted by molar-refractivity contribution is 4.80. The molecule has 3 heteroatoms. The fourth-order valence-electron chi connectivity index (χ4n) is 3.07. The van der Waals surface area contributed by atoms with E-state index in [-0.39, 0.29) is 0 Å². The van der Waals surface area contributed by atoms with Crippen LogP contribution in [0.4, 0.5) is 0 Å². The molecule has 1 aliphatic heterocycles. The summed E-state index contributed by atoms with van der Waals surface area (Å²) >= 11 is 0. The Labute approximate surface area is 114 Å². The Kier molecular flexibility index (Phi) is 7.87.